The minimum Gasteiger partial charge on any atom is -0.349 e. The lowest BCUT2D eigenvalue weighted by molar-refractivity contribution is 0.102. The van der Waals surface area contributed by atoms with Gasteiger partial charge in [0.15, 0.2) is 10.9 Å². The van der Waals surface area contributed by atoms with E-state index in [9.17, 15) is 9.59 Å². The van der Waals surface area contributed by atoms with E-state index in [0.717, 1.165) is 35.4 Å². The minimum atomic E-state index is -0.0548. The van der Waals surface area contributed by atoms with Gasteiger partial charge >= 0.3 is 0 Å². The second kappa shape index (κ2) is 8.94. The molecule has 0 saturated heterocycles. The van der Waals surface area contributed by atoms with Gasteiger partial charge in [0.2, 0.25) is 5.78 Å². The van der Waals surface area contributed by atoms with Crippen molar-refractivity contribution in [3.63, 3.8) is 0 Å². The number of rotatable bonds is 8. The standard InChI is InChI=1S/C24H29N5O2S/c1-6-27-16(4)13-19(17(27)5)21(30)14-32-24-26-25-23-28(12-11-15(2)3)22(31)18-9-7-8-10-20(18)29(23)24/h7-10,13,15H,6,11-12,14H2,1-5H3. The van der Waals surface area contributed by atoms with E-state index in [0.29, 0.717) is 28.8 Å². The average molecular weight is 452 g/mol. The van der Waals surface area contributed by atoms with E-state index in [2.05, 4.69) is 35.5 Å². The first kappa shape index (κ1) is 22.3. The van der Waals surface area contributed by atoms with E-state index in [1.165, 1.54) is 11.8 Å². The van der Waals surface area contributed by atoms with E-state index in [1.54, 1.807) is 4.57 Å². The van der Waals surface area contributed by atoms with Gasteiger partial charge in [-0.2, -0.15) is 0 Å². The van der Waals surface area contributed by atoms with Crippen LogP contribution < -0.4 is 5.56 Å². The number of carbonyl (C=O) groups is 1. The molecule has 0 aliphatic carbocycles. The Morgan fingerprint density at radius 1 is 1.12 bits per heavy atom. The highest BCUT2D eigenvalue weighted by molar-refractivity contribution is 7.99. The van der Waals surface area contributed by atoms with Crippen LogP contribution in [0.25, 0.3) is 16.7 Å². The molecule has 0 amide bonds. The summed E-state index contributed by atoms with van der Waals surface area (Å²) in [5.41, 5.74) is 3.55. The van der Waals surface area contributed by atoms with E-state index in [4.69, 9.17) is 0 Å². The zero-order chi connectivity index (χ0) is 23.0. The zero-order valence-corrected chi connectivity index (χ0v) is 20.1. The first-order valence-electron chi connectivity index (χ1n) is 11.0. The van der Waals surface area contributed by atoms with Crippen molar-refractivity contribution in [3.8, 4) is 0 Å². The number of para-hydroxylation sites is 1. The van der Waals surface area contributed by atoms with Crippen LogP contribution in [-0.2, 0) is 13.1 Å². The van der Waals surface area contributed by atoms with Gasteiger partial charge in [-0.25, -0.2) is 0 Å². The summed E-state index contributed by atoms with van der Waals surface area (Å²) in [6.07, 6.45) is 0.870. The van der Waals surface area contributed by atoms with Crippen molar-refractivity contribution in [2.24, 2.45) is 5.92 Å². The molecule has 0 aliphatic heterocycles. The molecule has 4 rings (SSSR count). The lowest BCUT2D eigenvalue weighted by atomic mass is 10.1. The minimum absolute atomic E-state index is 0.0548. The highest BCUT2D eigenvalue weighted by Crippen LogP contribution is 2.24. The fourth-order valence-corrected chi connectivity index (χ4v) is 5.02. The van der Waals surface area contributed by atoms with Crippen molar-refractivity contribution in [3.05, 3.63) is 57.6 Å². The number of ketones is 1. The maximum atomic E-state index is 13.1. The number of thioether (sulfide) groups is 1. The van der Waals surface area contributed by atoms with Gasteiger partial charge in [0, 0.05) is 30.0 Å². The molecular formula is C24H29N5O2S. The number of hydrogen-bond acceptors (Lipinski definition) is 5. The topological polar surface area (TPSA) is 74.2 Å². The van der Waals surface area contributed by atoms with Crippen LogP contribution in [0.1, 0.15) is 48.9 Å². The Balaban J connectivity index is 1.73. The third-order valence-corrected chi connectivity index (χ3v) is 6.86. The Hall–Kier alpha value is -2.87. The SMILES string of the molecule is CCn1c(C)cc(C(=O)CSc2nnc3n(CCC(C)C)c(=O)c4ccccc4n23)c1C. The number of nitrogens with zero attached hydrogens (tertiary/aromatic N) is 5. The van der Waals surface area contributed by atoms with Gasteiger partial charge in [0.1, 0.15) is 0 Å². The third kappa shape index (κ3) is 3.88. The largest absolute Gasteiger partial charge is 0.349 e. The van der Waals surface area contributed by atoms with E-state index in [1.807, 2.05) is 48.6 Å². The van der Waals surface area contributed by atoms with E-state index < -0.39 is 0 Å². The molecule has 7 nitrogen and oxygen atoms in total. The highest BCUT2D eigenvalue weighted by atomic mass is 32.2. The summed E-state index contributed by atoms with van der Waals surface area (Å²) < 4.78 is 5.76. The van der Waals surface area contributed by atoms with Gasteiger partial charge in [-0.1, -0.05) is 37.7 Å². The molecule has 8 heteroatoms. The van der Waals surface area contributed by atoms with Crippen LogP contribution in [-0.4, -0.2) is 35.3 Å². The van der Waals surface area contributed by atoms with Gasteiger partial charge in [-0.15, -0.1) is 10.2 Å². The molecular weight excluding hydrogens is 422 g/mol. The number of Topliss-reactive ketones (excluding diaryl/α,β-unsaturated/α-hetero) is 1. The first-order chi connectivity index (χ1) is 15.3. The molecule has 0 spiro atoms. The predicted octanol–water partition coefficient (Wildman–Crippen LogP) is 4.50. The predicted molar refractivity (Wildman–Crippen MR) is 129 cm³/mol. The lowest BCUT2D eigenvalue weighted by Gasteiger charge is -2.12. The van der Waals surface area contributed by atoms with Crippen molar-refractivity contribution >= 4 is 34.2 Å². The molecule has 0 N–H and O–H groups in total. The van der Waals surface area contributed by atoms with E-state index in [-0.39, 0.29) is 17.1 Å². The molecule has 0 radical (unpaired) electrons. The number of fused-ring (bicyclic) bond motifs is 3. The Bertz CT molecular complexity index is 1360. The second-order valence-corrected chi connectivity index (χ2v) is 9.46. The third-order valence-electron chi connectivity index (χ3n) is 5.93. The van der Waals surface area contributed by atoms with Crippen molar-refractivity contribution in [2.45, 2.75) is 59.3 Å². The molecule has 4 aromatic rings. The first-order valence-corrected chi connectivity index (χ1v) is 12.0. The highest BCUT2D eigenvalue weighted by Gasteiger charge is 2.20. The van der Waals surface area contributed by atoms with E-state index >= 15 is 0 Å². The van der Waals surface area contributed by atoms with Crippen LogP contribution in [0.15, 0.2) is 40.3 Å². The number of carbonyl (C=O) groups excluding carboxylic acids is 1. The summed E-state index contributed by atoms with van der Waals surface area (Å²) in [6, 6.07) is 9.47. The molecule has 0 fully saturated rings. The van der Waals surface area contributed by atoms with Gasteiger partial charge in [0.05, 0.1) is 16.7 Å². The average Bonchev–Trinajstić information content (AvgIpc) is 3.32. The van der Waals surface area contributed by atoms with Crippen molar-refractivity contribution < 1.29 is 4.79 Å². The van der Waals surface area contributed by atoms with Crippen LogP contribution in [0.4, 0.5) is 0 Å². The fraction of sp³-hybridized carbons (Fsp3) is 0.417. The number of hydrogen-bond donors (Lipinski definition) is 0. The number of aromatic nitrogens is 5. The summed E-state index contributed by atoms with van der Waals surface area (Å²) in [7, 11) is 0. The number of benzene rings is 1. The van der Waals surface area contributed by atoms with Crippen molar-refractivity contribution in [2.75, 3.05) is 5.75 Å². The zero-order valence-electron chi connectivity index (χ0n) is 19.3. The molecule has 0 bridgehead atoms. The Kier molecular flexibility index (Phi) is 6.24. The molecule has 168 valence electrons. The van der Waals surface area contributed by atoms with Gasteiger partial charge < -0.3 is 4.57 Å². The van der Waals surface area contributed by atoms with Gasteiger partial charge in [-0.05, 0) is 51.3 Å². The van der Waals surface area contributed by atoms with Crippen LogP contribution in [0.3, 0.4) is 0 Å². The summed E-state index contributed by atoms with van der Waals surface area (Å²) in [4.78, 5) is 26.1. The summed E-state index contributed by atoms with van der Waals surface area (Å²) >= 11 is 1.36. The molecule has 0 aliphatic rings. The van der Waals surface area contributed by atoms with Crippen molar-refractivity contribution in [1.29, 1.82) is 0 Å². The van der Waals surface area contributed by atoms with Gasteiger partial charge in [0.25, 0.3) is 5.56 Å². The molecule has 1 aromatic carbocycles. The normalized spacial score (nSPS) is 11.8. The molecule has 0 unspecified atom stereocenters. The molecule has 0 saturated carbocycles. The quantitative estimate of drug-likeness (QED) is 0.291. The van der Waals surface area contributed by atoms with Crippen molar-refractivity contribution in [1.82, 2.24) is 23.7 Å². The van der Waals surface area contributed by atoms with Crippen LogP contribution in [0.5, 0.6) is 0 Å². The van der Waals surface area contributed by atoms with Crippen LogP contribution in [0.2, 0.25) is 0 Å². The van der Waals surface area contributed by atoms with Gasteiger partial charge in [-0.3, -0.25) is 18.6 Å². The maximum absolute atomic E-state index is 13.1. The number of aryl methyl sites for hydroxylation is 2. The Labute approximate surface area is 191 Å². The molecule has 3 heterocycles. The van der Waals surface area contributed by atoms with Crippen LogP contribution in [0, 0.1) is 19.8 Å². The molecule has 3 aromatic heterocycles. The summed E-state index contributed by atoms with van der Waals surface area (Å²) in [5, 5.41) is 9.95. The monoisotopic (exact) mass is 451 g/mol. The maximum Gasteiger partial charge on any atom is 0.262 e. The molecule has 32 heavy (non-hydrogen) atoms. The second-order valence-electron chi connectivity index (χ2n) is 8.52. The smallest absolute Gasteiger partial charge is 0.262 e. The summed E-state index contributed by atoms with van der Waals surface area (Å²) in [6.45, 7) is 11.8. The Morgan fingerprint density at radius 2 is 1.88 bits per heavy atom. The molecule has 0 atom stereocenters. The Morgan fingerprint density at radius 3 is 2.56 bits per heavy atom. The lowest BCUT2D eigenvalue weighted by Crippen LogP contribution is -2.24. The fourth-order valence-electron chi connectivity index (χ4n) is 4.19. The summed E-state index contributed by atoms with van der Waals surface area (Å²) in [5.74, 6) is 1.31. The van der Waals surface area contributed by atoms with Crippen LogP contribution >= 0.6 is 11.8 Å².